The third-order valence-electron chi connectivity index (χ3n) is 2.34. The van der Waals surface area contributed by atoms with E-state index in [9.17, 15) is 4.79 Å². The summed E-state index contributed by atoms with van der Waals surface area (Å²) in [5.74, 6) is 5.59. The van der Waals surface area contributed by atoms with E-state index in [0.717, 1.165) is 5.69 Å². The van der Waals surface area contributed by atoms with Crippen LogP contribution in [0.2, 0.25) is 5.02 Å². The third-order valence-corrected chi connectivity index (χ3v) is 2.64. The maximum atomic E-state index is 12.0. The van der Waals surface area contributed by atoms with Gasteiger partial charge in [-0.25, -0.2) is 15.8 Å². The van der Waals surface area contributed by atoms with Crippen LogP contribution in [0.15, 0.2) is 30.3 Å². The van der Waals surface area contributed by atoms with Crippen molar-refractivity contribution in [3.05, 3.63) is 46.7 Å². The fraction of sp³-hybridized carbons (Fsp3) is 0.0833. The summed E-state index contributed by atoms with van der Waals surface area (Å²) in [7, 11) is 0. The fourth-order valence-corrected chi connectivity index (χ4v) is 1.66. The molecule has 0 spiro atoms. The molecule has 98 valence electrons. The average Bonchev–Trinajstić information content (AvgIpc) is 2.39. The summed E-state index contributed by atoms with van der Waals surface area (Å²) in [6.07, 6.45) is 0. The Labute approximate surface area is 115 Å². The summed E-state index contributed by atoms with van der Waals surface area (Å²) in [5.41, 5.74) is 3.24. The van der Waals surface area contributed by atoms with E-state index < -0.39 is 5.91 Å². The summed E-state index contributed by atoms with van der Waals surface area (Å²) in [4.78, 5) is 20.2. The van der Waals surface area contributed by atoms with E-state index in [-0.39, 0.29) is 10.7 Å². The third kappa shape index (κ3) is 3.18. The standard InChI is InChI=1S/C12H12ClN5O/c1-7-3-2-4-9(15-7)17-12(19)11-8(13)5-6-10(16-11)18-14/h2-6H,14H2,1H3,(H,16,18)(H,15,17,19). The second kappa shape index (κ2) is 5.64. The quantitative estimate of drug-likeness (QED) is 0.589. The van der Waals surface area contributed by atoms with E-state index in [4.69, 9.17) is 17.4 Å². The zero-order chi connectivity index (χ0) is 13.8. The molecule has 7 heteroatoms. The van der Waals surface area contributed by atoms with Crippen molar-refractivity contribution in [1.29, 1.82) is 0 Å². The molecule has 6 nitrogen and oxygen atoms in total. The Morgan fingerprint density at radius 2 is 2.00 bits per heavy atom. The number of hydrogen-bond donors (Lipinski definition) is 3. The number of nitrogens with two attached hydrogens (primary N) is 1. The van der Waals surface area contributed by atoms with Gasteiger partial charge in [0.25, 0.3) is 5.91 Å². The van der Waals surface area contributed by atoms with Gasteiger partial charge in [0, 0.05) is 5.69 Å². The number of halogens is 1. The van der Waals surface area contributed by atoms with Gasteiger partial charge in [-0.2, -0.15) is 0 Å². The molecular weight excluding hydrogens is 266 g/mol. The van der Waals surface area contributed by atoms with Crippen LogP contribution in [0.25, 0.3) is 0 Å². The van der Waals surface area contributed by atoms with Crippen molar-refractivity contribution in [1.82, 2.24) is 9.97 Å². The van der Waals surface area contributed by atoms with Gasteiger partial charge in [0.2, 0.25) is 0 Å². The molecule has 2 rings (SSSR count). The molecule has 0 saturated heterocycles. The Morgan fingerprint density at radius 3 is 2.68 bits per heavy atom. The van der Waals surface area contributed by atoms with E-state index in [1.165, 1.54) is 0 Å². The van der Waals surface area contributed by atoms with Gasteiger partial charge in [0.15, 0.2) is 0 Å². The maximum absolute atomic E-state index is 12.0. The van der Waals surface area contributed by atoms with Crippen LogP contribution >= 0.6 is 11.6 Å². The average molecular weight is 278 g/mol. The number of pyridine rings is 2. The lowest BCUT2D eigenvalue weighted by molar-refractivity contribution is 0.102. The van der Waals surface area contributed by atoms with Crippen LogP contribution in [0.4, 0.5) is 11.6 Å². The monoisotopic (exact) mass is 277 g/mol. The Balaban J connectivity index is 2.25. The number of nitrogens with one attached hydrogen (secondary N) is 2. The molecule has 1 amide bonds. The minimum Gasteiger partial charge on any atom is -0.308 e. The highest BCUT2D eigenvalue weighted by atomic mass is 35.5. The first kappa shape index (κ1) is 13.3. The van der Waals surface area contributed by atoms with E-state index in [2.05, 4.69) is 20.7 Å². The number of rotatable bonds is 3. The normalized spacial score (nSPS) is 10.1. The number of aryl methyl sites for hydroxylation is 1. The van der Waals surface area contributed by atoms with Gasteiger partial charge in [0.05, 0.1) is 5.02 Å². The van der Waals surface area contributed by atoms with Crippen molar-refractivity contribution in [3.8, 4) is 0 Å². The Hall–Kier alpha value is -2.18. The number of amides is 1. The van der Waals surface area contributed by atoms with Gasteiger partial charge in [-0.15, -0.1) is 0 Å². The Bertz CT molecular complexity index is 617. The summed E-state index contributed by atoms with van der Waals surface area (Å²) < 4.78 is 0. The molecule has 0 saturated carbocycles. The van der Waals surface area contributed by atoms with Crippen molar-refractivity contribution in [2.24, 2.45) is 5.84 Å². The molecule has 4 N–H and O–H groups in total. The van der Waals surface area contributed by atoms with Crippen molar-refractivity contribution in [2.75, 3.05) is 10.7 Å². The molecule has 0 aliphatic rings. The second-order valence-electron chi connectivity index (χ2n) is 3.79. The lowest BCUT2D eigenvalue weighted by Crippen LogP contribution is -2.17. The summed E-state index contributed by atoms with van der Waals surface area (Å²) in [6.45, 7) is 1.83. The topological polar surface area (TPSA) is 92.9 Å². The lowest BCUT2D eigenvalue weighted by atomic mass is 10.3. The number of aromatic nitrogens is 2. The van der Waals surface area contributed by atoms with Crippen LogP contribution in [0.1, 0.15) is 16.2 Å². The number of anilines is 2. The van der Waals surface area contributed by atoms with E-state index in [1.807, 2.05) is 13.0 Å². The van der Waals surface area contributed by atoms with Crippen molar-refractivity contribution < 1.29 is 4.79 Å². The molecule has 19 heavy (non-hydrogen) atoms. The molecule has 0 fully saturated rings. The van der Waals surface area contributed by atoms with Crippen molar-refractivity contribution in [2.45, 2.75) is 6.92 Å². The number of carbonyl (C=O) groups excluding carboxylic acids is 1. The largest absolute Gasteiger partial charge is 0.308 e. The Kier molecular flexibility index (Phi) is 3.94. The highest BCUT2D eigenvalue weighted by Crippen LogP contribution is 2.17. The predicted molar refractivity (Wildman–Crippen MR) is 74.0 cm³/mol. The summed E-state index contributed by atoms with van der Waals surface area (Å²) >= 11 is 5.93. The van der Waals surface area contributed by atoms with E-state index >= 15 is 0 Å². The number of nitrogens with zero attached hydrogens (tertiary/aromatic N) is 2. The van der Waals surface area contributed by atoms with Crippen LogP contribution in [0.5, 0.6) is 0 Å². The van der Waals surface area contributed by atoms with Gasteiger partial charge >= 0.3 is 0 Å². The predicted octanol–water partition coefficient (Wildman–Crippen LogP) is 1.98. The minimum atomic E-state index is -0.444. The zero-order valence-electron chi connectivity index (χ0n) is 10.1. The van der Waals surface area contributed by atoms with Crippen LogP contribution in [0, 0.1) is 6.92 Å². The highest BCUT2D eigenvalue weighted by Gasteiger charge is 2.13. The molecule has 2 aromatic heterocycles. The number of hydrazine groups is 1. The van der Waals surface area contributed by atoms with Crippen LogP contribution in [-0.2, 0) is 0 Å². The molecule has 0 aromatic carbocycles. The first-order chi connectivity index (χ1) is 9.10. The van der Waals surface area contributed by atoms with Gasteiger partial charge in [-0.1, -0.05) is 17.7 Å². The highest BCUT2D eigenvalue weighted by molar-refractivity contribution is 6.34. The minimum absolute atomic E-state index is 0.0837. The smallest absolute Gasteiger partial charge is 0.277 e. The van der Waals surface area contributed by atoms with Crippen LogP contribution in [-0.4, -0.2) is 15.9 Å². The SMILES string of the molecule is Cc1cccc(NC(=O)c2nc(NN)ccc2Cl)n1. The van der Waals surface area contributed by atoms with Crippen molar-refractivity contribution in [3.63, 3.8) is 0 Å². The molecule has 0 aliphatic heterocycles. The van der Waals surface area contributed by atoms with Crippen LogP contribution < -0.4 is 16.6 Å². The number of nitrogen functional groups attached to an aromatic ring is 1. The second-order valence-corrected chi connectivity index (χ2v) is 4.20. The van der Waals surface area contributed by atoms with Gasteiger partial charge < -0.3 is 10.7 Å². The van der Waals surface area contributed by atoms with Gasteiger partial charge in [-0.05, 0) is 31.2 Å². The van der Waals surface area contributed by atoms with Gasteiger partial charge in [0.1, 0.15) is 17.3 Å². The van der Waals surface area contributed by atoms with E-state index in [1.54, 1.807) is 24.3 Å². The molecule has 0 radical (unpaired) electrons. The molecule has 0 aliphatic carbocycles. The zero-order valence-corrected chi connectivity index (χ0v) is 10.9. The summed E-state index contributed by atoms with van der Waals surface area (Å²) in [6, 6.07) is 8.43. The fourth-order valence-electron chi connectivity index (χ4n) is 1.47. The molecule has 0 atom stereocenters. The van der Waals surface area contributed by atoms with E-state index in [0.29, 0.717) is 11.6 Å². The Morgan fingerprint density at radius 1 is 1.21 bits per heavy atom. The molecule has 2 heterocycles. The van der Waals surface area contributed by atoms with Gasteiger partial charge in [-0.3, -0.25) is 4.79 Å². The van der Waals surface area contributed by atoms with Crippen LogP contribution in [0.3, 0.4) is 0 Å². The lowest BCUT2D eigenvalue weighted by Gasteiger charge is -2.07. The summed E-state index contributed by atoms with van der Waals surface area (Å²) in [5, 5.41) is 2.87. The molecule has 2 aromatic rings. The van der Waals surface area contributed by atoms with Crippen molar-refractivity contribution >= 4 is 29.1 Å². The molecular formula is C12H12ClN5O. The number of carbonyl (C=O) groups is 1. The molecule has 0 bridgehead atoms. The first-order valence-corrected chi connectivity index (χ1v) is 5.86. The molecule has 0 unspecified atom stereocenters. The first-order valence-electron chi connectivity index (χ1n) is 5.48. The maximum Gasteiger partial charge on any atom is 0.277 e. The number of hydrogen-bond acceptors (Lipinski definition) is 5.